The van der Waals surface area contributed by atoms with Gasteiger partial charge in [0, 0.05) is 1.43 Å². The second-order valence-corrected chi connectivity index (χ2v) is 3.98. The Morgan fingerprint density at radius 3 is 2.81 bits per heavy atom. The van der Waals surface area contributed by atoms with Crippen molar-refractivity contribution in [3.8, 4) is 0 Å². The van der Waals surface area contributed by atoms with Crippen molar-refractivity contribution in [2.75, 3.05) is 5.88 Å². The fourth-order valence-electron chi connectivity index (χ4n) is 1.51. The van der Waals surface area contributed by atoms with Crippen LogP contribution in [0.15, 0.2) is 29.7 Å². The highest BCUT2D eigenvalue weighted by atomic mass is 32.2. The lowest BCUT2D eigenvalue weighted by Gasteiger charge is -1.96. The van der Waals surface area contributed by atoms with E-state index in [1.165, 1.54) is 0 Å². The molecule has 2 heterocycles. The van der Waals surface area contributed by atoms with Gasteiger partial charge in [-0.3, -0.25) is 0 Å². The van der Waals surface area contributed by atoms with Crippen molar-refractivity contribution in [1.82, 2.24) is 15.3 Å². The van der Waals surface area contributed by atoms with Crippen LogP contribution in [0, 0.1) is 0 Å². The zero-order valence-electron chi connectivity index (χ0n) is 9.45. The molecule has 1 aliphatic heterocycles. The SMILES string of the molecule is C1=C(c2nc3ccccc3[nH]2)NCS1.CC.[HH]. The van der Waals surface area contributed by atoms with Gasteiger partial charge >= 0.3 is 0 Å². The average Bonchev–Trinajstić information content (AvgIpc) is 3.00. The molecule has 0 radical (unpaired) electrons. The van der Waals surface area contributed by atoms with E-state index in [1.54, 1.807) is 11.8 Å². The lowest BCUT2D eigenvalue weighted by Crippen LogP contribution is -2.06. The number of H-pyrrole nitrogens is 1. The average molecular weight is 235 g/mol. The Hall–Kier alpha value is -1.42. The smallest absolute Gasteiger partial charge is 0.155 e. The summed E-state index contributed by atoms with van der Waals surface area (Å²) in [6.45, 7) is 4.00. The van der Waals surface area contributed by atoms with E-state index in [9.17, 15) is 0 Å². The summed E-state index contributed by atoms with van der Waals surface area (Å²) in [4.78, 5) is 7.78. The molecule has 0 atom stereocenters. The van der Waals surface area contributed by atoms with Gasteiger partial charge in [-0.15, -0.1) is 11.8 Å². The van der Waals surface area contributed by atoms with Crippen LogP contribution in [0.2, 0.25) is 0 Å². The number of nitrogens with one attached hydrogen (secondary N) is 2. The molecule has 0 amide bonds. The van der Waals surface area contributed by atoms with Crippen LogP contribution in [-0.4, -0.2) is 15.8 Å². The van der Waals surface area contributed by atoms with Crippen LogP contribution < -0.4 is 5.32 Å². The molecule has 0 spiro atoms. The summed E-state index contributed by atoms with van der Waals surface area (Å²) in [7, 11) is 0. The molecule has 2 N–H and O–H groups in total. The number of para-hydroxylation sites is 2. The van der Waals surface area contributed by atoms with Crippen LogP contribution in [0.25, 0.3) is 16.7 Å². The van der Waals surface area contributed by atoms with E-state index in [1.807, 2.05) is 38.1 Å². The molecule has 0 aliphatic carbocycles. The Bertz CT molecular complexity index is 474. The normalized spacial score (nSPS) is 14.0. The third-order valence-corrected chi connectivity index (χ3v) is 2.91. The molecule has 0 fully saturated rings. The third-order valence-electron chi connectivity index (χ3n) is 2.19. The van der Waals surface area contributed by atoms with Crippen LogP contribution in [0.1, 0.15) is 21.1 Å². The highest BCUT2D eigenvalue weighted by molar-refractivity contribution is 8.02. The van der Waals surface area contributed by atoms with Crippen molar-refractivity contribution in [2.24, 2.45) is 0 Å². The highest BCUT2D eigenvalue weighted by Gasteiger charge is 2.10. The maximum Gasteiger partial charge on any atom is 0.155 e. The van der Waals surface area contributed by atoms with Gasteiger partial charge < -0.3 is 10.3 Å². The number of rotatable bonds is 1. The zero-order valence-corrected chi connectivity index (χ0v) is 10.3. The molecule has 1 aliphatic rings. The molecule has 86 valence electrons. The number of fused-ring (bicyclic) bond motifs is 1. The third kappa shape index (κ3) is 2.07. The fourth-order valence-corrected chi connectivity index (χ4v) is 2.19. The van der Waals surface area contributed by atoms with Gasteiger partial charge in [-0.25, -0.2) is 4.98 Å². The van der Waals surface area contributed by atoms with Gasteiger partial charge in [-0.05, 0) is 17.5 Å². The number of hydrogen-bond acceptors (Lipinski definition) is 3. The van der Waals surface area contributed by atoms with Crippen LogP contribution in [0.5, 0.6) is 0 Å². The first-order chi connectivity index (χ1) is 7.93. The Morgan fingerprint density at radius 2 is 2.12 bits per heavy atom. The minimum absolute atomic E-state index is 0. The van der Waals surface area contributed by atoms with E-state index >= 15 is 0 Å². The summed E-state index contributed by atoms with van der Waals surface area (Å²) in [6, 6.07) is 8.06. The molecule has 1 aromatic heterocycles. The van der Waals surface area contributed by atoms with E-state index in [0.717, 1.165) is 28.4 Å². The monoisotopic (exact) mass is 235 g/mol. The number of hydrogen-bond donors (Lipinski definition) is 2. The van der Waals surface area contributed by atoms with Gasteiger partial charge in [0.05, 0.1) is 22.6 Å². The Kier molecular flexibility index (Phi) is 3.51. The largest absolute Gasteiger partial charge is 0.372 e. The molecule has 3 rings (SSSR count). The Labute approximate surface area is 101 Å². The van der Waals surface area contributed by atoms with Gasteiger partial charge in [-0.1, -0.05) is 26.0 Å². The topological polar surface area (TPSA) is 40.7 Å². The number of nitrogens with zero attached hydrogens (tertiary/aromatic N) is 1. The van der Waals surface area contributed by atoms with Crippen molar-refractivity contribution in [2.45, 2.75) is 13.8 Å². The lowest BCUT2D eigenvalue weighted by molar-refractivity contribution is 1.07. The second-order valence-electron chi connectivity index (χ2n) is 3.12. The van der Waals surface area contributed by atoms with E-state index < -0.39 is 0 Å². The van der Waals surface area contributed by atoms with E-state index in [0.29, 0.717) is 0 Å². The molecular weight excluding hydrogens is 218 g/mol. The number of aromatic nitrogens is 2. The summed E-state index contributed by atoms with van der Waals surface area (Å²) >= 11 is 1.75. The molecule has 2 aromatic rings. The summed E-state index contributed by atoms with van der Waals surface area (Å²) in [5.74, 6) is 1.86. The van der Waals surface area contributed by atoms with E-state index in [-0.39, 0.29) is 1.43 Å². The molecule has 0 saturated carbocycles. The predicted octanol–water partition coefficient (Wildman–Crippen LogP) is 3.43. The van der Waals surface area contributed by atoms with Crippen molar-refractivity contribution in [1.29, 1.82) is 0 Å². The molecule has 4 heteroatoms. The first kappa shape index (κ1) is 11.1. The van der Waals surface area contributed by atoms with Crippen LogP contribution in [-0.2, 0) is 0 Å². The van der Waals surface area contributed by atoms with Crippen LogP contribution in [0.3, 0.4) is 0 Å². The van der Waals surface area contributed by atoms with Crippen LogP contribution in [0.4, 0.5) is 0 Å². The molecule has 16 heavy (non-hydrogen) atoms. The number of benzene rings is 1. The quantitative estimate of drug-likeness (QED) is 0.795. The molecular formula is C12H17N3S. The maximum atomic E-state index is 4.50. The Balaban J connectivity index is 0.000000459. The molecule has 0 bridgehead atoms. The molecule has 1 aromatic carbocycles. The lowest BCUT2D eigenvalue weighted by atomic mass is 10.3. The van der Waals surface area contributed by atoms with E-state index in [2.05, 4.69) is 20.7 Å². The first-order valence-corrected chi connectivity index (χ1v) is 6.49. The van der Waals surface area contributed by atoms with Crippen molar-refractivity contribution in [3.63, 3.8) is 0 Å². The summed E-state index contributed by atoms with van der Waals surface area (Å²) in [6.07, 6.45) is 0. The van der Waals surface area contributed by atoms with Crippen molar-refractivity contribution >= 4 is 28.5 Å². The summed E-state index contributed by atoms with van der Waals surface area (Å²) < 4.78 is 0. The predicted molar refractivity (Wildman–Crippen MR) is 73.1 cm³/mol. The minimum atomic E-state index is 0. The first-order valence-electron chi connectivity index (χ1n) is 5.44. The van der Waals surface area contributed by atoms with Gasteiger partial charge in [0.1, 0.15) is 0 Å². The summed E-state index contributed by atoms with van der Waals surface area (Å²) in [5.41, 5.74) is 3.19. The Morgan fingerprint density at radius 1 is 1.31 bits per heavy atom. The number of aromatic amines is 1. The standard InChI is InChI=1S/C10H9N3S.C2H6.H2/c1-2-4-8-7(3-1)12-10(13-8)9-5-14-6-11-9;1-2;/h1-5,11H,6H2,(H,12,13);1-2H3;1H. The summed E-state index contributed by atoms with van der Waals surface area (Å²) in [5, 5.41) is 5.36. The van der Waals surface area contributed by atoms with Crippen molar-refractivity contribution in [3.05, 3.63) is 35.5 Å². The number of thioether (sulfide) groups is 1. The maximum absolute atomic E-state index is 4.50. The second kappa shape index (κ2) is 5.07. The zero-order chi connectivity index (χ0) is 11.4. The fraction of sp³-hybridized carbons (Fsp3) is 0.250. The van der Waals surface area contributed by atoms with Gasteiger partial charge in [0.15, 0.2) is 5.82 Å². The van der Waals surface area contributed by atoms with Gasteiger partial charge in [0.2, 0.25) is 0 Å². The minimum Gasteiger partial charge on any atom is -0.372 e. The van der Waals surface area contributed by atoms with E-state index in [4.69, 9.17) is 0 Å². The van der Waals surface area contributed by atoms with Gasteiger partial charge in [-0.2, -0.15) is 0 Å². The number of imidazole rings is 1. The van der Waals surface area contributed by atoms with Crippen LogP contribution >= 0.6 is 11.8 Å². The molecule has 3 nitrogen and oxygen atoms in total. The molecule has 0 unspecified atom stereocenters. The van der Waals surface area contributed by atoms with Gasteiger partial charge in [0.25, 0.3) is 0 Å². The highest BCUT2D eigenvalue weighted by Crippen LogP contribution is 2.21. The van der Waals surface area contributed by atoms with Crippen molar-refractivity contribution < 1.29 is 1.43 Å². The molecule has 0 saturated heterocycles.